The van der Waals surface area contributed by atoms with E-state index in [0.717, 1.165) is 19.3 Å². The summed E-state index contributed by atoms with van der Waals surface area (Å²) in [6.07, 6.45) is 1.66. The van der Waals surface area contributed by atoms with Gasteiger partial charge in [0.1, 0.15) is 5.82 Å². The summed E-state index contributed by atoms with van der Waals surface area (Å²) in [6, 6.07) is 11.1. The zero-order chi connectivity index (χ0) is 17.7. The molecule has 1 N–H and O–H groups in total. The second kappa shape index (κ2) is 6.06. The van der Waals surface area contributed by atoms with Gasteiger partial charge in [0.25, 0.3) is 11.5 Å². The molecule has 1 aliphatic rings. The van der Waals surface area contributed by atoms with Crippen molar-refractivity contribution in [3.05, 3.63) is 66.2 Å². The van der Waals surface area contributed by atoms with E-state index < -0.39 is 0 Å². The van der Waals surface area contributed by atoms with E-state index in [4.69, 9.17) is 0 Å². The minimum Gasteiger partial charge on any atom is -0.321 e. The minimum atomic E-state index is -0.204. The first-order chi connectivity index (χ1) is 11.9. The number of rotatable bonds is 1. The number of hydrogen-bond donors (Lipinski definition) is 1. The van der Waals surface area contributed by atoms with Crippen molar-refractivity contribution in [1.29, 1.82) is 0 Å². The number of nitrogens with zero attached hydrogens (tertiary/aromatic N) is 2. The number of amides is 1. The average Bonchev–Trinajstić information content (AvgIpc) is 2.88. The van der Waals surface area contributed by atoms with Crippen LogP contribution < -0.4 is 10.9 Å². The van der Waals surface area contributed by atoms with Crippen LogP contribution in [0.3, 0.4) is 0 Å². The highest BCUT2D eigenvalue weighted by molar-refractivity contribution is 14.1. The fourth-order valence-electron chi connectivity index (χ4n) is 2.82. The summed E-state index contributed by atoms with van der Waals surface area (Å²) in [4.78, 5) is 29.5. The summed E-state index contributed by atoms with van der Waals surface area (Å²) in [7, 11) is 1.66. The lowest BCUT2D eigenvalue weighted by Gasteiger charge is -2.07. The smallest absolute Gasteiger partial charge is 0.261 e. The van der Waals surface area contributed by atoms with E-state index in [9.17, 15) is 9.59 Å². The van der Waals surface area contributed by atoms with Crippen molar-refractivity contribution in [2.75, 3.05) is 5.32 Å². The van der Waals surface area contributed by atoms with Crippen molar-refractivity contribution in [2.24, 2.45) is 7.05 Å². The molecule has 5 nitrogen and oxygen atoms in total. The SMILES string of the molecule is Cn1c(/C=C2\C(=O)Nc3ccc(Br)cc32)nc2ccc(I)cc2c1=O. The number of halogens is 2. The van der Waals surface area contributed by atoms with Crippen LogP contribution in [0.5, 0.6) is 0 Å². The standard InChI is InChI=1S/C18H11BrIN3O2/c1-23-16(21-15-5-3-10(20)7-13(15)18(23)25)8-12-11-6-9(19)2-4-14(11)22-17(12)24/h2-8H,1H3,(H,22,24)/b12-8-. The van der Waals surface area contributed by atoms with Gasteiger partial charge in [-0.3, -0.25) is 14.2 Å². The molecule has 4 rings (SSSR count). The largest absolute Gasteiger partial charge is 0.321 e. The zero-order valence-corrected chi connectivity index (χ0v) is 16.8. The molecule has 124 valence electrons. The number of anilines is 1. The van der Waals surface area contributed by atoms with Gasteiger partial charge < -0.3 is 5.32 Å². The van der Waals surface area contributed by atoms with Crippen LogP contribution in [0.4, 0.5) is 5.69 Å². The molecule has 2 aromatic carbocycles. The number of fused-ring (bicyclic) bond motifs is 2. The van der Waals surface area contributed by atoms with Gasteiger partial charge >= 0.3 is 0 Å². The van der Waals surface area contributed by atoms with Crippen LogP contribution in [-0.4, -0.2) is 15.5 Å². The second-order valence-electron chi connectivity index (χ2n) is 5.70. The molecular formula is C18H11BrIN3O2. The summed E-state index contributed by atoms with van der Waals surface area (Å²) in [5, 5.41) is 3.39. The molecule has 25 heavy (non-hydrogen) atoms. The Balaban J connectivity index is 1.95. The maximum absolute atomic E-state index is 12.6. The lowest BCUT2D eigenvalue weighted by Crippen LogP contribution is -2.21. The highest BCUT2D eigenvalue weighted by Gasteiger charge is 2.25. The molecular weight excluding hydrogens is 497 g/mol. The van der Waals surface area contributed by atoms with Crippen molar-refractivity contribution in [3.63, 3.8) is 0 Å². The fraction of sp³-hybridized carbons (Fsp3) is 0.0556. The summed E-state index contributed by atoms with van der Waals surface area (Å²) >= 11 is 5.59. The third-order valence-corrected chi connectivity index (χ3v) is 5.27. The molecule has 0 aliphatic carbocycles. The van der Waals surface area contributed by atoms with E-state index in [1.165, 1.54) is 4.57 Å². The molecule has 1 amide bonds. The third kappa shape index (κ3) is 2.81. The monoisotopic (exact) mass is 507 g/mol. The van der Waals surface area contributed by atoms with Crippen LogP contribution in [0, 0.1) is 3.57 Å². The van der Waals surface area contributed by atoms with E-state index in [0.29, 0.717) is 22.3 Å². The summed E-state index contributed by atoms with van der Waals surface area (Å²) < 4.78 is 3.32. The zero-order valence-electron chi connectivity index (χ0n) is 13.0. The maximum atomic E-state index is 12.6. The van der Waals surface area contributed by atoms with Crippen molar-refractivity contribution >= 4 is 72.7 Å². The predicted octanol–water partition coefficient (Wildman–Crippen LogP) is 3.79. The highest BCUT2D eigenvalue weighted by Crippen LogP contribution is 2.34. The highest BCUT2D eigenvalue weighted by atomic mass is 127. The first-order valence-corrected chi connectivity index (χ1v) is 9.30. The molecule has 1 aromatic heterocycles. The molecule has 0 saturated carbocycles. The number of carbonyl (C=O) groups excluding carboxylic acids is 1. The molecule has 2 heterocycles. The van der Waals surface area contributed by atoms with E-state index >= 15 is 0 Å². The topological polar surface area (TPSA) is 64.0 Å². The Bertz CT molecular complexity index is 1150. The Kier molecular flexibility index (Phi) is 3.99. The Morgan fingerprint density at radius 3 is 2.80 bits per heavy atom. The molecule has 7 heteroatoms. The minimum absolute atomic E-state index is 0.136. The van der Waals surface area contributed by atoms with Crippen LogP contribution in [0.2, 0.25) is 0 Å². The van der Waals surface area contributed by atoms with Crippen LogP contribution in [-0.2, 0) is 11.8 Å². The van der Waals surface area contributed by atoms with E-state index in [-0.39, 0.29) is 11.5 Å². The molecule has 1 aliphatic heterocycles. The van der Waals surface area contributed by atoms with E-state index in [1.807, 2.05) is 36.4 Å². The lowest BCUT2D eigenvalue weighted by molar-refractivity contribution is -0.110. The molecule has 0 unspecified atom stereocenters. The molecule has 0 fully saturated rings. The van der Waals surface area contributed by atoms with Gasteiger partial charge in [0, 0.05) is 26.3 Å². The molecule has 0 radical (unpaired) electrons. The predicted molar refractivity (Wildman–Crippen MR) is 110 cm³/mol. The molecule has 0 bridgehead atoms. The van der Waals surface area contributed by atoms with Gasteiger partial charge in [-0.1, -0.05) is 15.9 Å². The van der Waals surface area contributed by atoms with Crippen LogP contribution >= 0.6 is 38.5 Å². The van der Waals surface area contributed by atoms with Crippen LogP contribution in [0.1, 0.15) is 11.4 Å². The van der Waals surface area contributed by atoms with Gasteiger partial charge in [0.2, 0.25) is 0 Å². The van der Waals surface area contributed by atoms with Gasteiger partial charge in [-0.05, 0) is 65.1 Å². The number of aromatic nitrogens is 2. The average molecular weight is 508 g/mol. The molecule has 0 atom stereocenters. The van der Waals surface area contributed by atoms with Crippen LogP contribution in [0.15, 0.2) is 45.7 Å². The van der Waals surface area contributed by atoms with Gasteiger partial charge in [-0.2, -0.15) is 0 Å². The first-order valence-electron chi connectivity index (χ1n) is 7.43. The van der Waals surface area contributed by atoms with Gasteiger partial charge in [-0.25, -0.2) is 4.98 Å². The molecule has 0 saturated heterocycles. The van der Waals surface area contributed by atoms with Gasteiger partial charge in [0.05, 0.1) is 16.5 Å². The second-order valence-corrected chi connectivity index (χ2v) is 7.86. The molecule has 0 spiro atoms. The number of carbonyl (C=O) groups is 1. The summed E-state index contributed by atoms with van der Waals surface area (Å²) in [6.45, 7) is 0. The quantitative estimate of drug-likeness (QED) is 0.402. The Morgan fingerprint density at radius 1 is 1.20 bits per heavy atom. The Labute approximate surface area is 165 Å². The van der Waals surface area contributed by atoms with Crippen molar-refractivity contribution in [1.82, 2.24) is 9.55 Å². The van der Waals surface area contributed by atoms with Crippen molar-refractivity contribution < 1.29 is 4.79 Å². The maximum Gasteiger partial charge on any atom is 0.261 e. The Morgan fingerprint density at radius 2 is 2.00 bits per heavy atom. The fourth-order valence-corrected chi connectivity index (χ4v) is 3.67. The van der Waals surface area contributed by atoms with Crippen molar-refractivity contribution in [2.45, 2.75) is 0 Å². The number of benzene rings is 2. The normalized spacial score (nSPS) is 14.8. The number of nitrogens with one attached hydrogen (secondary N) is 1. The third-order valence-electron chi connectivity index (χ3n) is 4.11. The van der Waals surface area contributed by atoms with Crippen LogP contribution in [0.25, 0.3) is 22.6 Å². The first kappa shape index (κ1) is 16.5. The lowest BCUT2D eigenvalue weighted by atomic mass is 10.1. The molecule has 3 aromatic rings. The van der Waals surface area contributed by atoms with Crippen molar-refractivity contribution in [3.8, 4) is 0 Å². The van der Waals surface area contributed by atoms with E-state index in [1.54, 1.807) is 13.1 Å². The van der Waals surface area contributed by atoms with Gasteiger partial charge in [-0.15, -0.1) is 0 Å². The van der Waals surface area contributed by atoms with E-state index in [2.05, 4.69) is 48.8 Å². The number of hydrogen-bond acceptors (Lipinski definition) is 3. The van der Waals surface area contributed by atoms with Gasteiger partial charge in [0.15, 0.2) is 0 Å². The summed E-state index contributed by atoms with van der Waals surface area (Å²) in [5.74, 6) is 0.238. The Hall–Kier alpha value is -2.00. The summed E-state index contributed by atoms with van der Waals surface area (Å²) in [5.41, 5.74) is 2.51.